The lowest BCUT2D eigenvalue weighted by atomic mass is 10.0. The molecular formula is C24H22O12. The molecule has 5 N–H and O–H groups in total. The first-order chi connectivity index (χ1) is 17.1. The van der Waals surface area contributed by atoms with Crippen LogP contribution in [0.15, 0.2) is 51.7 Å². The largest absolute Gasteiger partial charge is 0.508 e. The van der Waals surface area contributed by atoms with E-state index in [2.05, 4.69) is 0 Å². The molecule has 1 aromatic heterocycles. The maximum atomic E-state index is 12.6. The zero-order chi connectivity index (χ0) is 26.0. The fourth-order valence-electron chi connectivity index (χ4n) is 3.68. The number of rotatable bonds is 7. The van der Waals surface area contributed by atoms with Crippen molar-refractivity contribution in [2.24, 2.45) is 0 Å². The van der Waals surface area contributed by atoms with Crippen LogP contribution in [0.2, 0.25) is 0 Å². The summed E-state index contributed by atoms with van der Waals surface area (Å²) in [7, 11) is 0. The smallest absolute Gasteiger partial charge is 0.317 e. The van der Waals surface area contributed by atoms with Crippen molar-refractivity contribution < 1.29 is 53.7 Å². The molecular weight excluding hydrogens is 480 g/mol. The Labute approximate surface area is 202 Å². The molecule has 0 aliphatic carbocycles. The summed E-state index contributed by atoms with van der Waals surface area (Å²) in [5.74, 6) is -2.68. The van der Waals surface area contributed by atoms with Crippen LogP contribution in [0, 0.1) is 0 Å². The van der Waals surface area contributed by atoms with Gasteiger partial charge in [-0.3, -0.25) is 14.4 Å². The van der Waals surface area contributed by atoms with Crippen LogP contribution in [0.25, 0.3) is 22.3 Å². The molecule has 2 aromatic carbocycles. The molecule has 12 nitrogen and oxygen atoms in total. The van der Waals surface area contributed by atoms with Gasteiger partial charge in [-0.25, -0.2) is 0 Å². The van der Waals surface area contributed by atoms with Gasteiger partial charge in [-0.2, -0.15) is 0 Å². The number of phenols is 2. The normalized spacial score (nSPS) is 21.7. The lowest BCUT2D eigenvalue weighted by molar-refractivity contribution is -0.242. The van der Waals surface area contributed by atoms with E-state index < -0.39 is 60.7 Å². The van der Waals surface area contributed by atoms with Crippen molar-refractivity contribution in [3.8, 4) is 28.6 Å². The lowest BCUT2D eigenvalue weighted by Crippen LogP contribution is -2.51. The summed E-state index contributed by atoms with van der Waals surface area (Å²) < 4.78 is 21.7. The Kier molecular flexibility index (Phi) is 7.10. The number of aliphatic hydroxyl groups is 2. The van der Waals surface area contributed by atoms with Crippen molar-refractivity contribution in [1.29, 1.82) is 0 Å². The molecule has 4 atom stereocenters. The average Bonchev–Trinajstić information content (AvgIpc) is 2.79. The summed E-state index contributed by atoms with van der Waals surface area (Å²) in [6, 6.07) is 9.55. The van der Waals surface area contributed by atoms with Crippen molar-refractivity contribution in [1.82, 2.24) is 0 Å². The number of esters is 1. The van der Waals surface area contributed by atoms with E-state index in [-0.39, 0.29) is 34.6 Å². The molecule has 1 aliphatic heterocycles. The number of phenolic OH excluding ortho intramolecular Hbond substituents is 2. The summed E-state index contributed by atoms with van der Waals surface area (Å²) in [6.45, 7) is -0.478. The van der Waals surface area contributed by atoms with Gasteiger partial charge in [0.1, 0.15) is 59.2 Å². The summed E-state index contributed by atoms with van der Waals surface area (Å²) >= 11 is 0. The first kappa shape index (κ1) is 25.0. The van der Waals surface area contributed by atoms with Crippen LogP contribution in [-0.2, 0) is 19.1 Å². The van der Waals surface area contributed by atoms with E-state index in [0.29, 0.717) is 5.56 Å². The maximum absolute atomic E-state index is 12.6. The molecule has 12 heteroatoms. The molecule has 0 saturated carbocycles. The predicted octanol–water partition coefficient (Wildman–Crippen LogP) is 1.10. The Morgan fingerprint density at radius 3 is 2.44 bits per heavy atom. The van der Waals surface area contributed by atoms with E-state index in [1.54, 1.807) is 12.1 Å². The fraction of sp³-hybridized carbons (Fsp3) is 0.292. The van der Waals surface area contributed by atoms with Gasteiger partial charge < -0.3 is 44.2 Å². The Hall–Kier alpha value is -4.13. The van der Waals surface area contributed by atoms with Crippen molar-refractivity contribution >= 4 is 22.9 Å². The van der Waals surface area contributed by atoms with Gasteiger partial charge in [-0.15, -0.1) is 0 Å². The predicted molar refractivity (Wildman–Crippen MR) is 120 cm³/mol. The molecule has 4 unspecified atom stereocenters. The first-order valence-corrected chi connectivity index (χ1v) is 10.8. The second kappa shape index (κ2) is 10.2. The highest BCUT2D eigenvalue weighted by Gasteiger charge is 2.38. The maximum Gasteiger partial charge on any atom is 0.317 e. The Balaban J connectivity index is 1.55. The minimum absolute atomic E-state index is 0.0231. The van der Waals surface area contributed by atoms with Crippen molar-refractivity contribution in [2.75, 3.05) is 6.61 Å². The highest BCUT2D eigenvalue weighted by molar-refractivity contribution is 5.90. The van der Waals surface area contributed by atoms with E-state index >= 15 is 0 Å². The van der Waals surface area contributed by atoms with Crippen molar-refractivity contribution in [2.45, 2.75) is 37.4 Å². The third kappa shape index (κ3) is 5.57. The van der Waals surface area contributed by atoms with Gasteiger partial charge in [0.05, 0.1) is 6.10 Å². The second-order valence-corrected chi connectivity index (χ2v) is 8.12. The minimum atomic E-state index is -1.38. The van der Waals surface area contributed by atoms with Gasteiger partial charge in [-0.1, -0.05) is 0 Å². The van der Waals surface area contributed by atoms with Crippen LogP contribution < -0.4 is 10.2 Å². The monoisotopic (exact) mass is 502 g/mol. The molecule has 4 rings (SSSR count). The number of ether oxygens (including phenoxy) is 3. The molecule has 2 heterocycles. The number of fused-ring (bicyclic) bond motifs is 1. The molecule has 0 radical (unpaired) electrons. The molecule has 1 fully saturated rings. The standard InChI is InChI=1S/C24H22O12/c25-12-3-1-11(2-4-12)18-8-16(28)23-15(27)5-13(6-19(23)35-18)34-24-17(29)7-14(26)20(36-24)10-33-22(32)9-21(30)31/h1-6,8,14,17,20,24-27,29H,7,9-10H2,(H,30,31). The van der Waals surface area contributed by atoms with Crippen LogP contribution in [0.5, 0.6) is 17.2 Å². The number of carbonyl (C=O) groups is 2. The van der Waals surface area contributed by atoms with Crippen LogP contribution in [0.4, 0.5) is 0 Å². The third-order valence-corrected chi connectivity index (χ3v) is 5.43. The topological polar surface area (TPSA) is 193 Å². The fourth-order valence-corrected chi connectivity index (χ4v) is 3.68. The number of hydrogen-bond acceptors (Lipinski definition) is 11. The molecule has 0 spiro atoms. The number of carboxylic acids is 1. The number of hydrogen-bond donors (Lipinski definition) is 5. The van der Waals surface area contributed by atoms with Crippen LogP contribution in [0.3, 0.4) is 0 Å². The van der Waals surface area contributed by atoms with Crippen molar-refractivity contribution in [3.63, 3.8) is 0 Å². The Bertz CT molecular complexity index is 1330. The lowest BCUT2D eigenvalue weighted by Gasteiger charge is -2.36. The molecule has 3 aromatic rings. The van der Waals surface area contributed by atoms with Crippen LogP contribution >= 0.6 is 0 Å². The van der Waals surface area contributed by atoms with Gasteiger partial charge in [0.15, 0.2) is 5.43 Å². The summed E-state index contributed by atoms with van der Waals surface area (Å²) in [6.07, 6.45) is -6.08. The van der Waals surface area contributed by atoms with Gasteiger partial charge in [-0.05, 0) is 24.3 Å². The number of carboxylic acid groups (broad SMARTS) is 1. The van der Waals surface area contributed by atoms with Gasteiger partial charge >= 0.3 is 11.9 Å². The highest BCUT2D eigenvalue weighted by Crippen LogP contribution is 2.33. The summed E-state index contributed by atoms with van der Waals surface area (Å²) in [5, 5.41) is 48.9. The molecule has 1 saturated heterocycles. The molecule has 0 amide bonds. The third-order valence-electron chi connectivity index (χ3n) is 5.43. The first-order valence-electron chi connectivity index (χ1n) is 10.8. The average molecular weight is 502 g/mol. The second-order valence-electron chi connectivity index (χ2n) is 8.12. The van der Waals surface area contributed by atoms with E-state index in [1.807, 2.05) is 0 Å². The number of aromatic hydroxyl groups is 2. The van der Waals surface area contributed by atoms with E-state index in [1.165, 1.54) is 24.3 Å². The number of carbonyl (C=O) groups excluding carboxylic acids is 1. The zero-order valence-corrected chi connectivity index (χ0v) is 18.6. The highest BCUT2D eigenvalue weighted by atomic mass is 16.7. The van der Waals surface area contributed by atoms with Crippen molar-refractivity contribution in [3.05, 3.63) is 52.7 Å². The van der Waals surface area contributed by atoms with Gasteiger partial charge in [0.25, 0.3) is 0 Å². The van der Waals surface area contributed by atoms with Crippen LogP contribution in [-0.4, -0.2) is 68.7 Å². The molecule has 0 bridgehead atoms. The summed E-state index contributed by atoms with van der Waals surface area (Å²) in [4.78, 5) is 34.7. The quantitative estimate of drug-likeness (QED) is 0.228. The SMILES string of the molecule is O=C(O)CC(=O)OCC1OC(Oc2cc(O)c3c(=O)cc(-c4ccc(O)cc4)oc3c2)C(O)CC1O. The number of benzene rings is 2. The molecule has 36 heavy (non-hydrogen) atoms. The van der Waals surface area contributed by atoms with E-state index in [0.717, 1.165) is 6.07 Å². The minimum Gasteiger partial charge on any atom is -0.508 e. The zero-order valence-electron chi connectivity index (χ0n) is 18.6. The number of aliphatic carboxylic acids is 1. The molecule has 1 aliphatic rings. The Morgan fingerprint density at radius 1 is 1.03 bits per heavy atom. The van der Waals surface area contributed by atoms with E-state index in [9.17, 15) is 34.8 Å². The van der Waals surface area contributed by atoms with Gasteiger partial charge in [0.2, 0.25) is 6.29 Å². The summed E-state index contributed by atoms with van der Waals surface area (Å²) in [5.41, 5.74) is -0.0494. The van der Waals surface area contributed by atoms with E-state index in [4.69, 9.17) is 23.7 Å². The Morgan fingerprint density at radius 2 is 1.75 bits per heavy atom. The van der Waals surface area contributed by atoms with Gasteiger partial charge in [0, 0.05) is 30.2 Å². The van der Waals surface area contributed by atoms with Crippen LogP contribution in [0.1, 0.15) is 12.8 Å². The molecule has 190 valence electrons. The number of aliphatic hydroxyl groups excluding tert-OH is 2.